The van der Waals surface area contributed by atoms with Gasteiger partial charge in [0.25, 0.3) is 0 Å². The summed E-state index contributed by atoms with van der Waals surface area (Å²) in [6, 6.07) is 15.9. The largest absolute Gasteiger partial charge is 0.465 e. The van der Waals surface area contributed by atoms with E-state index in [1.54, 1.807) is 29.9 Å². The van der Waals surface area contributed by atoms with Crippen LogP contribution in [0.4, 0.5) is 4.39 Å². The minimum absolute atomic E-state index is 0.0270. The van der Waals surface area contributed by atoms with E-state index in [2.05, 4.69) is 5.10 Å². The average Bonchev–Trinajstić information content (AvgIpc) is 3.00. The van der Waals surface area contributed by atoms with Gasteiger partial charge in [-0.25, -0.2) is 4.39 Å². The quantitative estimate of drug-likeness (QED) is 0.668. The molecule has 0 spiro atoms. The van der Waals surface area contributed by atoms with E-state index in [4.69, 9.17) is 4.74 Å². The molecular weight excluding hydrogens is 307 g/mol. The van der Waals surface area contributed by atoms with Crippen LogP contribution >= 0.6 is 0 Å². The number of esters is 1. The third-order valence-corrected chi connectivity index (χ3v) is 3.63. The van der Waals surface area contributed by atoms with Crippen molar-refractivity contribution >= 4 is 5.97 Å². The summed E-state index contributed by atoms with van der Waals surface area (Å²) in [7, 11) is 0. The Bertz CT molecular complexity index is 826. The second kappa shape index (κ2) is 7.08. The third-order valence-electron chi connectivity index (χ3n) is 3.63. The summed E-state index contributed by atoms with van der Waals surface area (Å²) in [4.78, 5) is 11.9. The number of nitrogens with zero attached hydrogens (tertiary/aromatic N) is 2. The number of hydrogen-bond acceptors (Lipinski definition) is 3. The molecule has 0 aliphatic heterocycles. The molecule has 2 aromatic carbocycles. The molecule has 4 nitrogen and oxygen atoms in total. The van der Waals surface area contributed by atoms with Gasteiger partial charge in [0.05, 0.1) is 18.5 Å². The molecule has 0 N–H and O–H groups in total. The number of carbonyl (C=O) groups is 1. The second-order valence-electron chi connectivity index (χ2n) is 5.24. The molecule has 1 heterocycles. The lowest BCUT2D eigenvalue weighted by molar-refractivity contribution is -0.144. The highest BCUT2D eigenvalue weighted by atomic mass is 19.1. The summed E-state index contributed by atoms with van der Waals surface area (Å²) in [6.45, 7) is 2.12. The number of benzene rings is 2. The lowest BCUT2D eigenvalue weighted by Gasteiger charge is -2.10. The van der Waals surface area contributed by atoms with E-state index in [1.165, 1.54) is 12.1 Å². The summed E-state index contributed by atoms with van der Waals surface area (Å²) in [5.74, 6) is -0.637. The predicted octanol–water partition coefficient (Wildman–Crippen LogP) is 3.92. The Morgan fingerprint density at radius 1 is 1.08 bits per heavy atom. The molecule has 0 amide bonds. The molecule has 0 unspecified atom stereocenters. The maximum Gasteiger partial charge on any atom is 0.327 e. The third kappa shape index (κ3) is 3.35. The Labute approximate surface area is 139 Å². The Morgan fingerprint density at radius 3 is 2.46 bits per heavy atom. The Kier molecular flexibility index (Phi) is 4.70. The van der Waals surface area contributed by atoms with Crippen LogP contribution < -0.4 is 0 Å². The maximum atomic E-state index is 13.2. The molecule has 0 aliphatic carbocycles. The first-order valence-corrected chi connectivity index (χ1v) is 7.72. The highest BCUT2D eigenvalue weighted by Gasteiger charge is 2.17. The van der Waals surface area contributed by atoms with Crippen LogP contribution in [0.3, 0.4) is 0 Å². The molecule has 0 atom stereocenters. The van der Waals surface area contributed by atoms with Crippen LogP contribution in [-0.2, 0) is 16.1 Å². The van der Waals surface area contributed by atoms with Gasteiger partial charge in [-0.3, -0.25) is 9.48 Å². The van der Waals surface area contributed by atoms with E-state index >= 15 is 0 Å². The van der Waals surface area contributed by atoms with Gasteiger partial charge < -0.3 is 4.74 Å². The molecule has 0 saturated carbocycles. The van der Waals surface area contributed by atoms with Crippen LogP contribution in [0.2, 0.25) is 0 Å². The minimum atomic E-state index is -0.344. The smallest absolute Gasteiger partial charge is 0.327 e. The van der Waals surface area contributed by atoms with Crippen molar-refractivity contribution < 1.29 is 13.9 Å². The van der Waals surface area contributed by atoms with Crippen LogP contribution in [-0.4, -0.2) is 22.4 Å². The molecule has 3 aromatic rings. The number of hydrogen-bond donors (Lipinski definition) is 0. The zero-order valence-corrected chi connectivity index (χ0v) is 13.3. The zero-order valence-electron chi connectivity index (χ0n) is 13.3. The van der Waals surface area contributed by atoms with E-state index in [-0.39, 0.29) is 18.3 Å². The van der Waals surface area contributed by atoms with Gasteiger partial charge >= 0.3 is 5.97 Å². The fraction of sp³-hybridized carbons (Fsp3) is 0.158. The molecule has 0 fully saturated rings. The second-order valence-corrected chi connectivity index (χ2v) is 5.24. The number of rotatable bonds is 5. The first kappa shape index (κ1) is 15.9. The molecule has 24 heavy (non-hydrogen) atoms. The highest BCUT2D eigenvalue weighted by Crippen LogP contribution is 2.32. The topological polar surface area (TPSA) is 44.1 Å². The Morgan fingerprint density at radius 2 is 1.79 bits per heavy atom. The van der Waals surface area contributed by atoms with E-state index < -0.39 is 0 Å². The molecule has 5 heteroatoms. The monoisotopic (exact) mass is 324 g/mol. The SMILES string of the molecule is CCOC(=O)Cn1ncc(-c2ccc(F)cc2)c1-c1ccccc1. The number of halogens is 1. The standard InChI is InChI=1S/C19H17FN2O2/c1-2-24-18(23)13-22-19(15-6-4-3-5-7-15)17(12-21-22)14-8-10-16(20)11-9-14/h3-12H,2,13H2,1H3. The molecule has 0 bridgehead atoms. The van der Waals surface area contributed by atoms with Crippen molar-refractivity contribution in [2.75, 3.05) is 6.61 Å². The molecule has 0 radical (unpaired) electrons. The number of ether oxygens (including phenoxy) is 1. The Hall–Kier alpha value is -2.95. The fourth-order valence-electron chi connectivity index (χ4n) is 2.58. The first-order valence-electron chi connectivity index (χ1n) is 7.72. The first-order chi connectivity index (χ1) is 11.7. The van der Waals surface area contributed by atoms with Gasteiger partial charge in [0.15, 0.2) is 0 Å². The molecule has 122 valence electrons. The summed E-state index contributed by atoms with van der Waals surface area (Å²) < 4.78 is 19.8. The van der Waals surface area contributed by atoms with Gasteiger partial charge in [0.2, 0.25) is 0 Å². The maximum absolute atomic E-state index is 13.2. The fourth-order valence-corrected chi connectivity index (χ4v) is 2.58. The molecule has 3 rings (SSSR count). The van der Waals surface area contributed by atoms with Crippen molar-refractivity contribution in [3.63, 3.8) is 0 Å². The summed E-state index contributed by atoms with van der Waals surface area (Å²) >= 11 is 0. The molecular formula is C19H17FN2O2. The van der Waals surface area contributed by atoms with Gasteiger partial charge in [0, 0.05) is 11.1 Å². The van der Waals surface area contributed by atoms with Crippen LogP contribution in [0, 0.1) is 5.82 Å². The highest BCUT2D eigenvalue weighted by molar-refractivity contribution is 5.82. The van der Waals surface area contributed by atoms with Crippen LogP contribution in [0.25, 0.3) is 22.4 Å². The molecule has 0 saturated heterocycles. The van der Waals surface area contributed by atoms with E-state index in [0.717, 1.165) is 22.4 Å². The van der Waals surface area contributed by atoms with Crippen LogP contribution in [0.1, 0.15) is 6.92 Å². The van der Waals surface area contributed by atoms with Crippen molar-refractivity contribution in [1.82, 2.24) is 9.78 Å². The van der Waals surface area contributed by atoms with Gasteiger partial charge in [-0.2, -0.15) is 5.10 Å². The van der Waals surface area contributed by atoms with Crippen molar-refractivity contribution in [2.45, 2.75) is 13.5 Å². The van der Waals surface area contributed by atoms with Crippen LogP contribution in [0.5, 0.6) is 0 Å². The van der Waals surface area contributed by atoms with E-state index in [9.17, 15) is 9.18 Å². The lowest BCUT2D eigenvalue weighted by Crippen LogP contribution is -2.15. The molecule has 0 aliphatic rings. The number of aromatic nitrogens is 2. The lowest BCUT2D eigenvalue weighted by atomic mass is 10.0. The van der Waals surface area contributed by atoms with Crippen molar-refractivity contribution in [1.29, 1.82) is 0 Å². The molecule has 1 aromatic heterocycles. The normalized spacial score (nSPS) is 10.6. The van der Waals surface area contributed by atoms with Crippen LogP contribution in [0.15, 0.2) is 60.8 Å². The van der Waals surface area contributed by atoms with Gasteiger partial charge in [-0.05, 0) is 24.6 Å². The summed E-state index contributed by atoms with van der Waals surface area (Å²) in [5, 5.41) is 4.34. The van der Waals surface area contributed by atoms with E-state index in [1.807, 2.05) is 30.3 Å². The summed E-state index contributed by atoms with van der Waals surface area (Å²) in [5.41, 5.74) is 3.41. The van der Waals surface area contributed by atoms with E-state index in [0.29, 0.717) is 6.61 Å². The van der Waals surface area contributed by atoms with Crippen molar-refractivity contribution in [3.8, 4) is 22.4 Å². The number of carbonyl (C=O) groups excluding carboxylic acids is 1. The van der Waals surface area contributed by atoms with Crippen molar-refractivity contribution in [3.05, 3.63) is 66.6 Å². The van der Waals surface area contributed by atoms with Crippen molar-refractivity contribution in [2.24, 2.45) is 0 Å². The van der Waals surface area contributed by atoms with Gasteiger partial charge in [-0.15, -0.1) is 0 Å². The minimum Gasteiger partial charge on any atom is -0.465 e. The predicted molar refractivity (Wildman–Crippen MR) is 89.7 cm³/mol. The Balaban J connectivity index is 2.08. The zero-order chi connectivity index (χ0) is 16.9. The van der Waals surface area contributed by atoms with Gasteiger partial charge in [-0.1, -0.05) is 42.5 Å². The average molecular weight is 324 g/mol. The summed E-state index contributed by atoms with van der Waals surface area (Å²) in [6.07, 6.45) is 1.69. The van der Waals surface area contributed by atoms with Gasteiger partial charge in [0.1, 0.15) is 12.4 Å².